The summed E-state index contributed by atoms with van der Waals surface area (Å²) in [6.07, 6.45) is -3.10. The highest BCUT2D eigenvalue weighted by atomic mass is 35.5. The van der Waals surface area contributed by atoms with Crippen molar-refractivity contribution in [3.8, 4) is 0 Å². The fraction of sp³-hybridized carbons (Fsp3) is 0.476. The summed E-state index contributed by atoms with van der Waals surface area (Å²) in [5, 5.41) is -0.539. The Kier molecular flexibility index (Phi) is 6.59. The summed E-state index contributed by atoms with van der Waals surface area (Å²) in [5.41, 5.74) is -0.628. The van der Waals surface area contributed by atoms with Crippen molar-refractivity contribution in [2.75, 3.05) is 17.8 Å². The number of benzene rings is 1. The number of hydrogen-bond acceptors (Lipinski definition) is 3. The fourth-order valence-corrected chi connectivity index (χ4v) is 5.67. The van der Waals surface area contributed by atoms with E-state index < -0.39 is 32.7 Å². The van der Waals surface area contributed by atoms with E-state index in [4.69, 9.17) is 11.6 Å². The molecular weight excluding hydrogens is 467 g/mol. The highest BCUT2D eigenvalue weighted by molar-refractivity contribution is 7.92. The molecular formula is C21H25ClF3N3O3S. The summed E-state index contributed by atoms with van der Waals surface area (Å²) in [7, 11) is -2.73. The van der Waals surface area contributed by atoms with E-state index in [-0.39, 0.29) is 16.1 Å². The molecule has 1 N–H and O–H groups in total. The zero-order valence-electron chi connectivity index (χ0n) is 18.2. The van der Waals surface area contributed by atoms with Crippen molar-refractivity contribution in [1.29, 1.82) is 0 Å². The van der Waals surface area contributed by atoms with E-state index in [0.29, 0.717) is 36.5 Å². The van der Waals surface area contributed by atoms with Crippen LogP contribution in [0.1, 0.15) is 47.1 Å². The van der Waals surface area contributed by atoms with Crippen molar-refractivity contribution in [2.45, 2.75) is 44.7 Å². The third-order valence-corrected chi connectivity index (χ3v) is 7.87. The number of hydrogen-bond donors (Lipinski definition) is 1. The number of carbonyl (C=O) groups is 1. The lowest BCUT2D eigenvalue weighted by Gasteiger charge is -2.30. The standard InChI is InChI=1S/C21H25ClF3N3O3S/c1-12-7-9-28(10-8-12)20(29)18-13(2)27(4)14(3)19(18)32(30,31)26-15-5-6-17(22)16(11-15)21(23,24)25/h5-6,11-12,26H,7-10H2,1-4H3. The quantitative estimate of drug-likeness (QED) is 0.655. The Morgan fingerprint density at radius 1 is 1.16 bits per heavy atom. The van der Waals surface area contributed by atoms with Crippen molar-refractivity contribution in [1.82, 2.24) is 9.47 Å². The van der Waals surface area contributed by atoms with Crippen LogP contribution in [0, 0.1) is 19.8 Å². The zero-order valence-corrected chi connectivity index (χ0v) is 19.7. The van der Waals surface area contributed by atoms with Crippen molar-refractivity contribution < 1.29 is 26.4 Å². The summed E-state index contributed by atoms with van der Waals surface area (Å²) in [5.74, 6) is 0.0841. The topological polar surface area (TPSA) is 71.4 Å². The summed E-state index contributed by atoms with van der Waals surface area (Å²) in [4.78, 5) is 14.7. The van der Waals surface area contributed by atoms with Gasteiger partial charge in [0.1, 0.15) is 4.90 Å². The lowest BCUT2D eigenvalue weighted by molar-refractivity contribution is -0.137. The number of nitrogens with one attached hydrogen (secondary N) is 1. The van der Waals surface area contributed by atoms with E-state index in [1.165, 1.54) is 0 Å². The molecule has 6 nitrogen and oxygen atoms in total. The molecule has 1 amide bonds. The molecule has 0 unspecified atom stereocenters. The maximum absolute atomic E-state index is 13.3. The van der Waals surface area contributed by atoms with Crippen LogP contribution in [-0.4, -0.2) is 36.9 Å². The van der Waals surface area contributed by atoms with Crippen molar-refractivity contribution >= 4 is 33.2 Å². The number of sulfonamides is 1. The Bertz CT molecular complexity index is 1150. The third-order valence-electron chi connectivity index (χ3n) is 6.00. The van der Waals surface area contributed by atoms with Gasteiger partial charge in [-0.05, 0) is 50.8 Å². The molecule has 0 saturated carbocycles. The maximum Gasteiger partial charge on any atom is 0.417 e. The number of aromatic nitrogens is 1. The van der Waals surface area contributed by atoms with Crippen LogP contribution in [0.2, 0.25) is 5.02 Å². The number of rotatable bonds is 4. The molecule has 1 saturated heterocycles. The van der Waals surface area contributed by atoms with Crippen molar-refractivity contribution in [2.24, 2.45) is 13.0 Å². The molecule has 3 rings (SSSR count). The van der Waals surface area contributed by atoms with Gasteiger partial charge in [0.25, 0.3) is 15.9 Å². The first-order valence-electron chi connectivity index (χ1n) is 10.1. The number of piperidine rings is 1. The molecule has 1 aromatic carbocycles. The van der Waals surface area contributed by atoms with Crippen LogP contribution < -0.4 is 4.72 Å². The molecule has 0 bridgehead atoms. The second-order valence-corrected chi connectivity index (χ2v) is 10.2. The first-order chi connectivity index (χ1) is 14.7. The lowest BCUT2D eigenvalue weighted by atomic mass is 9.98. The van der Waals surface area contributed by atoms with E-state index in [9.17, 15) is 26.4 Å². The van der Waals surface area contributed by atoms with Gasteiger partial charge in [-0.25, -0.2) is 8.42 Å². The van der Waals surface area contributed by atoms with E-state index in [1.807, 2.05) is 0 Å². The second-order valence-electron chi connectivity index (χ2n) is 8.21. The first-order valence-corrected chi connectivity index (χ1v) is 11.9. The number of nitrogens with zero attached hydrogens (tertiary/aromatic N) is 2. The van der Waals surface area contributed by atoms with Gasteiger partial charge in [-0.3, -0.25) is 9.52 Å². The van der Waals surface area contributed by atoms with Crippen LogP contribution in [0.5, 0.6) is 0 Å². The molecule has 0 aliphatic carbocycles. The maximum atomic E-state index is 13.3. The summed E-state index contributed by atoms with van der Waals surface area (Å²) >= 11 is 5.63. The highest BCUT2D eigenvalue weighted by Gasteiger charge is 2.36. The van der Waals surface area contributed by atoms with Gasteiger partial charge in [0.05, 0.1) is 16.1 Å². The van der Waals surface area contributed by atoms with E-state index in [1.54, 1.807) is 30.4 Å². The predicted molar refractivity (Wildman–Crippen MR) is 116 cm³/mol. The summed E-state index contributed by atoms with van der Waals surface area (Å²) < 4.78 is 69.9. The molecule has 2 aromatic rings. The van der Waals surface area contributed by atoms with Crippen molar-refractivity contribution in [3.63, 3.8) is 0 Å². The van der Waals surface area contributed by atoms with Gasteiger partial charge in [0.2, 0.25) is 0 Å². The molecule has 1 aliphatic heterocycles. The number of alkyl halides is 3. The van der Waals surface area contributed by atoms with Gasteiger partial charge in [0.15, 0.2) is 0 Å². The Balaban J connectivity index is 2.04. The van der Waals surface area contributed by atoms with Crippen LogP contribution in [0.25, 0.3) is 0 Å². The zero-order chi connectivity index (χ0) is 24.0. The smallest absolute Gasteiger partial charge is 0.350 e. The number of halogens is 4. The van der Waals surface area contributed by atoms with Gasteiger partial charge < -0.3 is 9.47 Å². The highest BCUT2D eigenvalue weighted by Crippen LogP contribution is 2.37. The molecule has 1 fully saturated rings. The van der Waals surface area contributed by atoms with Crippen LogP contribution >= 0.6 is 11.6 Å². The Morgan fingerprint density at radius 3 is 2.31 bits per heavy atom. The number of likely N-dealkylation sites (tertiary alicyclic amines) is 1. The second kappa shape index (κ2) is 8.62. The molecule has 0 spiro atoms. The molecule has 11 heteroatoms. The van der Waals surface area contributed by atoms with Crippen LogP contribution in [0.4, 0.5) is 18.9 Å². The van der Waals surface area contributed by atoms with Crippen molar-refractivity contribution in [3.05, 3.63) is 45.7 Å². The van der Waals surface area contributed by atoms with Crippen LogP contribution in [-0.2, 0) is 23.2 Å². The SMILES string of the molecule is Cc1c(C(=O)N2CCC(C)CC2)c(S(=O)(=O)Nc2ccc(Cl)c(C(F)(F)F)c2)c(C)n1C. The Labute approximate surface area is 190 Å². The molecule has 0 atom stereocenters. The molecule has 1 aliphatic rings. The molecule has 0 radical (unpaired) electrons. The van der Waals surface area contributed by atoms with Gasteiger partial charge in [-0.1, -0.05) is 18.5 Å². The van der Waals surface area contributed by atoms with Gasteiger partial charge in [0, 0.05) is 37.2 Å². The average Bonchev–Trinajstić information content (AvgIpc) is 2.93. The normalized spacial score (nSPS) is 15.8. The average molecular weight is 492 g/mol. The fourth-order valence-electron chi connectivity index (χ4n) is 3.88. The minimum atomic E-state index is -4.75. The number of anilines is 1. The van der Waals surface area contributed by atoms with Gasteiger partial charge in [-0.2, -0.15) is 13.2 Å². The molecule has 1 aromatic heterocycles. The Morgan fingerprint density at radius 2 is 1.75 bits per heavy atom. The predicted octanol–water partition coefficient (Wildman–Crippen LogP) is 4.99. The largest absolute Gasteiger partial charge is 0.417 e. The number of amides is 1. The molecule has 32 heavy (non-hydrogen) atoms. The van der Waals surface area contributed by atoms with Gasteiger partial charge >= 0.3 is 6.18 Å². The molecule has 2 heterocycles. The minimum absolute atomic E-state index is 0.0389. The van der Waals surface area contributed by atoms with E-state index in [0.717, 1.165) is 25.0 Å². The Hall–Kier alpha value is -2.20. The monoisotopic (exact) mass is 491 g/mol. The summed E-state index contributed by atoms with van der Waals surface area (Å²) in [6.45, 7) is 6.34. The van der Waals surface area contributed by atoms with E-state index >= 15 is 0 Å². The first kappa shape index (κ1) is 24.4. The molecule has 176 valence electrons. The van der Waals surface area contributed by atoms with Crippen LogP contribution in [0.3, 0.4) is 0 Å². The van der Waals surface area contributed by atoms with Gasteiger partial charge in [-0.15, -0.1) is 0 Å². The summed E-state index contributed by atoms with van der Waals surface area (Å²) in [6, 6.07) is 2.76. The minimum Gasteiger partial charge on any atom is -0.350 e. The van der Waals surface area contributed by atoms with E-state index in [2.05, 4.69) is 11.6 Å². The number of carbonyl (C=O) groups excluding carboxylic acids is 1. The third kappa shape index (κ3) is 4.61. The van der Waals surface area contributed by atoms with Crippen LogP contribution in [0.15, 0.2) is 23.1 Å². The lowest BCUT2D eigenvalue weighted by Crippen LogP contribution is -2.38.